The first-order valence-corrected chi connectivity index (χ1v) is 6.80. The van der Waals surface area contributed by atoms with Crippen molar-refractivity contribution in [2.75, 3.05) is 52.1 Å². The van der Waals surface area contributed by atoms with E-state index in [1.54, 1.807) is 0 Å². The molecule has 0 atom stereocenters. The summed E-state index contributed by atoms with van der Waals surface area (Å²) >= 11 is 0. The van der Waals surface area contributed by atoms with Crippen molar-refractivity contribution in [2.45, 2.75) is 0 Å². The Morgan fingerprint density at radius 2 is 1.90 bits per heavy atom. The van der Waals surface area contributed by atoms with Gasteiger partial charge < -0.3 is 15.4 Å². The number of nitrogens with zero attached hydrogens (tertiary/aromatic N) is 2. The minimum atomic E-state index is -0.966. The Morgan fingerprint density at radius 3 is 2.57 bits per heavy atom. The molecule has 116 valence electrons. The quantitative estimate of drug-likeness (QED) is 0.663. The van der Waals surface area contributed by atoms with Crippen LogP contribution in [0.3, 0.4) is 0 Å². The van der Waals surface area contributed by atoms with Crippen molar-refractivity contribution in [3.05, 3.63) is 29.3 Å². The van der Waals surface area contributed by atoms with Crippen molar-refractivity contribution >= 4 is 11.7 Å². The maximum atomic E-state index is 13.5. The van der Waals surface area contributed by atoms with Gasteiger partial charge in [0.1, 0.15) is 18.2 Å². The van der Waals surface area contributed by atoms with Crippen LogP contribution in [0.4, 0.5) is 14.5 Å². The lowest BCUT2D eigenvalue weighted by atomic mass is 10.2. The van der Waals surface area contributed by atoms with Crippen molar-refractivity contribution in [1.82, 2.24) is 9.80 Å². The minimum absolute atomic E-state index is 0.166. The van der Waals surface area contributed by atoms with E-state index >= 15 is 0 Å². The zero-order valence-corrected chi connectivity index (χ0v) is 11.9. The molecule has 7 heteroatoms. The number of halogens is 2. The molecule has 1 aromatic rings. The second kappa shape index (κ2) is 6.82. The number of hydrogen-bond donors (Lipinski definition) is 1. The summed E-state index contributed by atoms with van der Waals surface area (Å²) in [7, 11) is 2.05. The average Bonchev–Trinajstić information content (AvgIpc) is 2.45. The van der Waals surface area contributed by atoms with Crippen molar-refractivity contribution in [3.63, 3.8) is 0 Å². The number of benzene rings is 1. The number of anilines is 1. The van der Waals surface area contributed by atoms with Gasteiger partial charge in [-0.25, -0.2) is 13.6 Å². The number of nitrogens with two attached hydrogens (primary N) is 1. The van der Waals surface area contributed by atoms with Crippen LogP contribution in [0.2, 0.25) is 0 Å². The zero-order valence-electron chi connectivity index (χ0n) is 11.9. The molecule has 1 aromatic carbocycles. The fourth-order valence-electron chi connectivity index (χ4n) is 2.14. The maximum absolute atomic E-state index is 13.5. The van der Waals surface area contributed by atoms with E-state index in [-0.39, 0.29) is 17.9 Å². The smallest absolute Gasteiger partial charge is 0.341 e. The Balaban J connectivity index is 1.83. The van der Waals surface area contributed by atoms with Gasteiger partial charge in [-0.15, -0.1) is 0 Å². The van der Waals surface area contributed by atoms with Crippen LogP contribution >= 0.6 is 0 Å². The van der Waals surface area contributed by atoms with E-state index in [1.807, 2.05) is 0 Å². The fourth-order valence-corrected chi connectivity index (χ4v) is 2.14. The van der Waals surface area contributed by atoms with Crippen LogP contribution in [0, 0.1) is 11.6 Å². The SMILES string of the molecule is CN1CCN(CCOC(=O)c2cc(N)c(F)cc2F)CC1. The number of ether oxygens (including phenoxy) is 1. The minimum Gasteiger partial charge on any atom is -0.461 e. The predicted molar refractivity (Wildman–Crippen MR) is 75.0 cm³/mol. The molecule has 2 N–H and O–H groups in total. The summed E-state index contributed by atoms with van der Waals surface area (Å²) in [6, 6.07) is 1.55. The summed E-state index contributed by atoms with van der Waals surface area (Å²) < 4.78 is 31.5. The highest BCUT2D eigenvalue weighted by molar-refractivity contribution is 5.90. The van der Waals surface area contributed by atoms with E-state index in [0.29, 0.717) is 12.6 Å². The van der Waals surface area contributed by atoms with Crippen LogP contribution in [0.5, 0.6) is 0 Å². The van der Waals surface area contributed by atoms with Gasteiger partial charge in [0.2, 0.25) is 0 Å². The molecule has 0 aromatic heterocycles. The Morgan fingerprint density at radius 1 is 1.24 bits per heavy atom. The average molecular weight is 299 g/mol. The summed E-state index contributed by atoms with van der Waals surface area (Å²) in [6.45, 7) is 4.52. The summed E-state index contributed by atoms with van der Waals surface area (Å²) in [5.41, 5.74) is 4.71. The molecule has 1 aliphatic rings. The standard InChI is InChI=1S/C14H19F2N3O2/c1-18-2-4-19(5-3-18)6-7-21-14(20)10-8-13(17)12(16)9-11(10)15/h8-9H,2-7,17H2,1H3. The van der Waals surface area contributed by atoms with Gasteiger partial charge in [-0.05, 0) is 13.1 Å². The number of esters is 1. The Kier molecular flexibility index (Phi) is 5.08. The molecule has 2 rings (SSSR count). The largest absolute Gasteiger partial charge is 0.461 e. The van der Waals surface area contributed by atoms with Crippen molar-refractivity contribution in [2.24, 2.45) is 0 Å². The lowest BCUT2D eigenvalue weighted by molar-refractivity contribution is 0.0427. The number of hydrogen-bond acceptors (Lipinski definition) is 5. The highest BCUT2D eigenvalue weighted by Gasteiger charge is 2.18. The molecule has 1 saturated heterocycles. The Hall–Kier alpha value is -1.73. The number of carbonyl (C=O) groups is 1. The Bertz CT molecular complexity index is 517. The van der Waals surface area contributed by atoms with E-state index in [4.69, 9.17) is 10.5 Å². The predicted octanol–water partition coefficient (Wildman–Crippen LogP) is 0.951. The molecule has 1 aliphatic heterocycles. The van der Waals surface area contributed by atoms with Gasteiger partial charge in [0, 0.05) is 38.8 Å². The summed E-state index contributed by atoms with van der Waals surface area (Å²) in [5.74, 6) is -2.68. The third kappa shape index (κ3) is 4.12. The molecule has 0 spiro atoms. The molecule has 0 amide bonds. The normalized spacial score (nSPS) is 16.9. The lowest BCUT2D eigenvalue weighted by Gasteiger charge is -2.32. The highest BCUT2D eigenvalue weighted by Crippen LogP contribution is 2.17. The van der Waals surface area contributed by atoms with E-state index in [1.165, 1.54) is 0 Å². The molecule has 0 aliphatic carbocycles. The van der Waals surface area contributed by atoms with Crippen LogP contribution in [0.15, 0.2) is 12.1 Å². The van der Waals surface area contributed by atoms with Gasteiger partial charge in [-0.3, -0.25) is 4.90 Å². The monoisotopic (exact) mass is 299 g/mol. The van der Waals surface area contributed by atoms with E-state index in [9.17, 15) is 13.6 Å². The molecule has 0 saturated carbocycles. The third-order valence-corrected chi connectivity index (χ3v) is 3.54. The maximum Gasteiger partial charge on any atom is 0.341 e. The molecule has 5 nitrogen and oxygen atoms in total. The van der Waals surface area contributed by atoms with E-state index < -0.39 is 17.6 Å². The molecular weight excluding hydrogens is 280 g/mol. The second-order valence-electron chi connectivity index (χ2n) is 5.13. The molecule has 1 heterocycles. The van der Waals surface area contributed by atoms with Crippen LogP contribution in [-0.4, -0.2) is 62.1 Å². The van der Waals surface area contributed by atoms with Crippen LogP contribution < -0.4 is 5.73 Å². The van der Waals surface area contributed by atoms with Crippen LogP contribution in [0.25, 0.3) is 0 Å². The summed E-state index contributed by atoms with van der Waals surface area (Å²) in [5, 5.41) is 0. The van der Waals surface area contributed by atoms with Crippen molar-refractivity contribution < 1.29 is 18.3 Å². The Labute approximate surface area is 122 Å². The number of carbonyl (C=O) groups excluding carboxylic acids is 1. The molecule has 1 fully saturated rings. The lowest BCUT2D eigenvalue weighted by Crippen LogP contribution is -2.45. The van der Waals surface area contributed by atoms with Gasteiger partial charge in [0.05, 0.1) is 11.3 Å². The highest BCUT2D eigenvalue weighted by atomic mass is 19.1. The van der Waals surface area contributed by atoms with E-state index in [2.05, 4.69) is 16.8 Å². The van der Waals surface area contributed by atoms with Crippen LogP contribution in [0.1, 0.15) is 10.4 Å². The molecule has 0 unspecified atom stereocenters. The van der Waals surface area contributed by atoms with Gasteiger partial charge in [-0.2, -0.15) is 0 Å². The number of piperazine rings is 1. The first-order chi connectivity index (χ1) is 9.97. The van der Waals surface area contributed by atoms with Gasteiger partial charge in [-0.1, -0.05) is 0 Å². The molecular formula is C14H19F2N3O2. The van der Waals surface area contributed by atoms with Gasteiger partial charge >= 0.3 is 5.97 Å². The molecule has 0 radical (unpaired) electrons. The summed E-state index contributed by atoms with van der Waals surface area (Å²) in [4.78, 5) is 16.1. The van der Waals surface area contributed by atoms with Crippen molar-refractivity contribution in [1.29, 1.82) is 0 Å². The van der Waals surface area contributed by atoms with Gasteiger partial charge in [0.25, 0.3) is 0 Å². The number of likely N-dealkylation sites (N-methyl/N-ethyl adjacent to an activating group) is 1. The zero-order chi connectivity index (χ0) is 15.4. The number of rotatable bonds is 4. The fraction of sp³-hybridized carbons (Fsp3) is 0.500. The molecule has 0 bridgehead atoms. The number of nitrogen functional groups attached to an aromatic ring is 1. The summed E-state index contributed by atoms with van der Waals surface area (Å²) in [6.07, 6.45) is 0. The third-order valence-electron chi connectivity index (χ3n) is 3.54. The van der Waals surface area contributed by atoms with Gasteiger partial charge in [0.15, 0.2) is 0 Å². The second-order valence-corrected chi connectivity index (χ2v) is 5.13. The van der Waals surface area contributed by atoms with Crippen molar-refractivity contribution in [3.8, 4) is 0 Å². The molecule has 21 heavy (non-hydrogen) atoms. The first-order valence-electron chi connectivity index (χ1n) is 6.80. The van der Waals surface area contributed by atoms with E-state index in [0.717, 1.165) is 32.2 Å². The topological polar surface area (TPSA) is 58.8 Å². The first kappa shape index (κ1) is 15.7. The van der Waals surface area contributed by atoms with Crippen LogP contribution in [-0.2, 0) is 4.74 Å².